The highest BCUT2D eigenvalue weighted by Gasteiger charge is 2.50. The summed E-state index contributed by atoms with van der Waals surface area (Å²) in [4.78, 5) is 12.5. The van der Waals surface area contributed by atoms with Crippen LogP contribution in [0.1, 0.15) is 56.1 Å². The van der Waals surface area contributed by atoms with Crippen molar-refractivity contribution in [1.82, 2.24) is 0 Å². The number of esters is 1. The first kappa shape index (κ1) is 12.7. The zero-order valence-electron chi connectivity index (χ0n) is 11.7. The van der Waals surface area contributed by atoms with E-state index in [9.17, 15) is 4.79 Å². The normalized spacial score (nSPS) is 24.2. The molecular weight excluding hydrogens is 236 g/mol. The number of carbonyl (C=O) groups excluding carboxylic acids is 1. The molecule has 0 bridgehead atoms. The SMILES string of the molecule is CCOC(=O)C1c2ccccc2CC12CCCCC2. The van der Waals surface area contributed by atoms with Gasteiger partial charge in [-0.15, -0.1) is 0 Å². The second kappa shape index (κ2) is 4.99. The number of ether oxygens (including phenoxy) is 1. The monoisotopic (exact) mass is 258 g/mol. The second-order valence-corrected chi connectivity index (χ2v) is 5.98. The fraction of sp³-hybridized carbons (Fsp3) is 0.588. The van der Waals surface area contributed by atoms with Crippen molar-refractivity contribution in [2.24, 2.45) is 5.41 Å². The molecule has 0 saturated heterocycles. The highest BCUT2D eigenvalue weighted by molar-refractivity contribution is 5.81. The molecule has 1 unspecified atom stereocenters. The predicted octanol–water partition coefficient (Wildman–Crippen LogP) is 3.84. The number of benzene rings is 1. The zero-order chi connectivity index (χ0) is 13.3. The van der Waals surface area contributed by atoms with Gasteiger partial charge in [-0.25, -0.2) is 0 Å². The van der Waals surface area contributed by atoms with Gasteiger partial charge in [0.05, 0.1) is 12.5 Å². The maximum atomic E-state index is 12.5. The molecule has 0 amide bonds. The first-order valence-electron chi connectivity index (χ1n) is 7.51. The second-order valence-electron chi connectivity index (χ2n) is 5.98. The Hall–Kier alpha value is -1.31. The lowest BCUT2D eigenvalue weighted by atomic mass is 9.66. The zero-order valence-corrected chi connectivity index (χ0v) is 11.7. The number of hydrogen-bond acceptors (Lipinski definition) is 2. The fourth-order valence-electron chi connectivity index (χ4n) is 4.11. The molecule has 2 aliphatic carbocycles. The summed E-state index contributed by atoms with van der Waals surface area (Å²) in [5.41, 5.74) is 2.74. The summed E-state index contributed by atoms with van der Waals surface area (Å²) in [5.74, 6) is -0.0294. The van der Waals surface area contributed by atoms with Gasteiger partial charge in [-0.05, 0) is 42.7 Å². The third-order valence-corrected chi connectivity index (χ3v) is 4.89. The van der Waals surface area contributed by atoms with Crippen LogP contribution in [-0.4, -0.2) is 12.6 Å². The van der Waals surface area contributed by atoms with Crippen molar-refractivity contribution in [1.29, 1.82) is 0 Å². The van der Waals surface area contributed by atoms with Gasteiger partial charge in [-0.3, -0.25) is 4.79 Å². The molecule has 2 heteroatoms. The van der Waals surface area contributed by atoms with Gasteiger partial charge >= 0.3 is 5.97 Å². The van der Waals surface area contributed by atoms with Gasteiger partial charge in [0.15, 0.2) is 0 Å². The van der Waals surface area contributed by atoms with Crippen LogP contribution in [0, 0.1) is 5.41 Å². The molecule has 1 atom stereocenters. The summed E-state index contributed by atoms with van der Waals surface area (Å²) in [7, 11) is 0. The number of rotatable bonds is 2. The molecule has 0 aromatic heterocycles. The minimum Gasteiger partial charge on any atom is -0.466 e. The van der Waals surface area contributed by atoms with Crippen molar-refractivity contribution < 1.29 is 9.53 Å². The van der Waals surface area contributed by atoms with E-state index in [1.807, 2.05) is 13.0 Å². The Morgan fingerprint density at radius 2 is 2.00 bits per heavy atom. The van der Waals surface area contributed by atoms with E-state index in [1.165, 1.54) is 43.2 Å². The van der Waals surface area contributed by atoms with Gasteiger partial charge in [-0.1, -0.05) is 43.5 Å². The van der Waals surface area contributed by atoms with Gasteiger partial charge in [0.1, 0.15) is 0 Å². The number of carbonyl (C=O) groups is 1. The maximum absolute atomic E-state index is 12.5. The van der Waals surface area contributed by atoms with E-state index in [-0.39, 0.29) is 17.3 Å². The highest BCUT2D eigenvalue weighted by atomic mass is 16.5. The molecular formula is C17H22O2. The molecule has 3 rings (SSSR count). The largest absolute Gasteiger partial charge is 0.466 e. The van der Waals surface area contributed by atoms with Gasteiger partial charge in [0.2, 0.25) is 0 Å². The number of fused-ring (bicyclic) bond motifs is 1. The van der Waals surface area contributed by atoms with E-state index in [2.05, 4.69) is 18.2 Å². The van der Waals surface area contributed by atoms with Gasteiger partial charge < -0.3 is 4.74 Å². The van der Waals surface area contributed by atoms with Gasteiger partial charge in [-0.2, -0.15) is 0 Å². The molecule has 0 radical (unpaired) electrons. The van der Waals surface area contributed by atoms with E-state index in [0.29, 0.717) is 6.61 Å². The molecule has 19 heavy (non-hydrogen) atoms. The van der Waals surface area contributed by atoms with E-state index in [0.717, 1.165) is 6.42 Å². The van der Waals surface area contributed by atoms with E-state index >= 15 is 0 Å². The first-order valence-corrected chi connectivity index (χ1v) is 7.51. The summed E-state index contributed by atoms with van der Waals surface area (Å²) in [6.07, 6.45) is 7.23. The van der Waals surface area contributed by atoms with Crippen LogP contribution in [0.5, 0.6) is 0 Å². The van der Waals surface area contributed by atoms with Gasteiger partial charge in [0.25, 0.3) is 0 Å². The van der Waals surface area contributed by atoms with Crippen LogP contribution in [0.15, 0.2) is 24.3 Å². The maximum Gasteiger partial charge on any atom is 0.313 e. The summed E-state index contributed by atoms with van der Waals surface area (Å²) in [5, 5.41) is 0. The summed E-state index contributed by atoms with van der Waals surface area (Å²) < 4.78 is 5.37. The molecule has 0 N–H and O–H groups in total. The molecule has 1 fully saturated rings. The molecule has 0 aliphatic heterocycles. The lowest BCUT2D eigenvalue weighted by molar-refractivity contribution is -0.148. The Labute approximate surface area is 115 Å². The molecule has 1 saturated carbocycles. The van der Waals surface area contributed by atoms with Crippen LogP contribution in [0.4, 0.5) is 0 Å². The van der Waals surface area contributed by atoms with Crippen molar-refractivity contribution in [2.75, 3.05) is 6.61 Å². The minimum absolute atomic E-state index is 0.00523. The Kier molecular flexibility index (Phi) is 3.34. The third kappa shape index (κ3) is 2.07. The van der Waals surface area contributed by atoms with Crippen LogP contribution in [0.2, 0.25) is 0 Å². The molecule has 2 nitrogen and oxygen atoms in total. The fourth-order valence-corrected chi connectivity index (χ4v) is 4.11. The summed E-state index contributed by atoms with van der Waals surface area (Å²) in [6.45, 7) is 2.37. The molecule has 1 aromatic carbocycles. The lowest BCUT2D eigenvalue weighted by Gasteiger charge is -2.38. The van der Waals surface area contributed by atoms with Crippen LogP contribution >= 0.6 is 0 Å². The van der Waals surface area contributed by atoms with Crippen molar-refractivity contribution in [3.05, 3.63) is 35.4 Å². The van der Waals surface area contributed by atoms with E-state index in [1.54, 1.807) is 0 Å². The van der Waals surface area contributed by atoms with Crippen molar-refractivity contribution in [3.8, 4) is 0 Å². The smallest absolute Gasteiger partial charge is 0.313 e. The van der Waals surface area contributed by atoms with Crippen LogP contribution in [0.25, 0.3) is 0 Å². The molecule has 102 valence electrons. The van der Waals surface area contributed by atoms with Gasteiger partial charge in [0, 0.05) is 0 Å². The molecule has 2 aliphatic rings. The Balaban J connectivity index is 1.99. The summed E-state index contributed by atoms with van der Waals surface area (Å²) in [6, 6.07) is 8.45. The van der Waals surface area contributed by atoms with E-state index in [4.69, 9.17) is 4.74 Å². The molecule has 1 aromatic rings. The van der Waals surface area contributed by atoms with Crippen molar-refractivity contribution in [2.45, 2.75) is 51.4 Å². The van der Waals surface area contributed by atoms with Crippen molar-refractivity contribution in [3.63, 3.8) is 0 Å². The van der Waals surface area contributed by atoms with Crippen LogP contribution in [-0.2, 0) is 16.0 Å². The Morgan fingerprint density at radius 3 is 2.74 bits per heavy atom. The van der Waals surface area contributed by atoms with Crippen LogP contribution < -0.4 is 0 Å². The standard InChI is InChI=1S/C17H22O2/c1-2-19-16(18)15-14-9-5-4-8-13(14)12-17(15)10-6-3-7-11-17/h4-5,8-9,15H,2-3,6-7,10-12H2,1H3. The quantitative estimate of drug-likeness (QED) is 0.753. The topological polar surface area (TPSA) is 26.3 Å². The first-order chi connectivity index (χ1) is 9.27. The average molecular weight is 258 g/mol. The highest BCUT2D eigenvalue weighted by Crippen LogP contribution is 2.55. The Bertz CT molecular complexity index is 472. The minimum atomic E-state index is -0.0241. The number of hydrogen-bond donors (Lipinski definition) is 0. The lowest BCUT2D eigenvalue weighted by Crippen LogP contribution is -2.34. The Morgan fingerprint density at radius 1 is 1.26 bits per heavy atom. The molecule has 1 spiro atoms. The van der Waals surface area contributed by atoms with Crippen molar-refractivity contribution >= 4 is 5.97 Å². The summed E-state index contributed by atoms with van der Waals surface area (Å²) >= 11 is 0. The van der Waals surface area contributed by atoms with E-state index < -0.39 is 0 Å². The molecule has 0 heterocycles. The van der Waals surface area contributed by atoms with Crippen LogP contribution in [0.3, 0.4) is 0 Å². The predicted molar refractivity (Wildman–Crippen MR) is 75.0 cm³/mol. The third-order valence-electron chi connectivity index (χ3n) is 4.89. The average Bonchev–Trinajstić information content (AvgIpc) is 2.73.